The fourth-order valence-electron chi connectivity index (χ4n) is 2.08. The van der Waals surface area contributed by atoms with Crippen molar-refractivity contribution in [3.8, 4) is 17.2 Å². The predicted octanol–water partition coefficient (Wildman–Crippen LogP) is 1.55. The molecule has 130 valence electrons. The second-order valence-electron chi connectivity index (χ2n) is 5.34. The van der Waals surface area contributed by atoms with E-state index < -0.39 is 11.9 Å². The third kappa shape index (κ3) is 4.91. The molecule has 1 aliphatic heterocycles. The van der Waals surface area contributed by atoms with Crippen LogP contribution in [0.3, 0.4) is 0 Å². The van der Waals surface area contributed by atoms with Crippen LogP contribution in [0.25, 0.3) is 6.08 Å². The Bertz CT molecular complexity index is 621. The molecule has 0 aliphatic carbocycles. The van der Waals surface area contributed by atoms with Gasteiger partial charge in [-0.3, -0.25) is 9.59 Å². The summed E-state index contributed by atoms with van der Waals surface area (Å²) in [6.07, 6.45) is 2.72. The lowest BCUT2D eigenvalue weighted by Gasteiger charge is -2.20. The number of hydrogen-bond donors (Lipinski definition) is 1. The molecule has 0 fully saturated rings. The van der Waals surface area contributed by atoms with Crippen molar-refractivity contribution in [3.05, 3.63) is 23.8 Å². The van der Waals surface area contributed by atoms with Gasteiger partial charge in [-0.15, -0.1) is 0 Å². The summed E-state index contributed by atoms with van der Waals surface area (Å²) in [4.78, 5) is 23.1. The van der Waals surface area contributed by atoms with Crippen molar-refractivity contribution in [1.29, 1.82) is 0 Å². The first kappa shape index (κ1) is 17.7. The van der Waals surface area contributed by atoms with E-state index in [1.807, 2.05) is 0 Å². The van der Waals surface area contributed by atoms with Gasteiger partial charge in [-0.1, -0.05) is 0 Å². The van der Waals surface area contributed by atoms with E-state index in [-0.39, 0.29) is 12.6 Å². The Morgan fingerprint density at radius 2 is 2.04 bits per heavy atom. The average molecular weight is 335 g/mol. The quantitative estimate of drug-likeness (QED) is 0.627. The molecule has 2 rings (SSSR count). The minimum Gasteiger partial charge on any atom is -0.493 e. The van der Waals surface area contributed by atoms with Crippen molar-refractivity contribution < 1.29 is 28.5 Å². The van der Waals surface area contributed by atoms with Crippen molar-refractivity contribution in [1.82, 2.24) is 5.32 Å². The zero-order valence-corrected chi connectivity index (χ0v) is 14.0. The first-order valence-corrected chi connectivity index (χ1v) is 7.62. The number of rotatable bonds is 6. The summed E-state index contributed by atoms with van der Waals surface area (Å²) in [6.45, 7) is 4.24. The zero-order valence-electron chi connectivity index (χ0n) is 14.0. The molecule has 0 saturated carbocycles. The first-order valence-electron chi connectivity index (χ1n) is 7.62. The van der Waals surface area contributed by atoms with Gasteiger partial charge in [0.1, 0.15) is 19.8 Å². The number of benzene rings is 1. The molecule has 7 nitrogen and oxygen atoms in total. The maximum Gasteiger partial charge on any atom is 0.325 e. The van der Waals surface area contributed by atoms with E-state index in [2.05, 4.69) is 5.32 Å². The maximum absolute atomic E-state index is 11.8. The van der Waals surface area contributed by atoms with Crippen molar-refractivity contribution in [2.45, 2.75) is 20.0 Å². The van der Waals surface area contributed by atoms with Crippen molar-refractivity contribution in [2.75, 3.05) is 26.9 Å². The first-order chi connectivity index (χ1) is 11.5. The van der Waals surface area contributed by atoms with Crippen LogP contribution < -0.4 is 19.5 Å². The number of carbonyl (C=O) groups excluding carboxylic acids is 2. The smallest absolute Gasteiger partial charge is 0.325 e. The van der Waals surface area contributed by atoms with E-state index in [4.69, 9.17) is 18.9 Å². The lowest BCUT2D eigenvalue weighted by atomic mass is 10.1. The van der Waals surface area contributed by atoms with Gasteiger partial charge in [-0.05, 0) is 37.6 Å². The van der Waals surface area contributed by atoms with Gasteiger partial charge in [0, 0.05) is 6.08 Å². The van der Waals surface area contributed by atoms with Crippen LogP contribution in [0.15, 0.2) is 18.2 Å². The largest absolute Gasteiger partial charge is 0.493 e. The van der Waals surface area contributed by atoms with Gasteiger partial charge in [0.05, 0.1) is 13.2 Å². The van der Waals surface area contributed by atoms with Gasteiger partial charge >= 0.3 is 5.97 Å². The Labute approximate surface area is 140 Å². The number of esters is 1. The molecule has 1 N–H and O–H groups in total. The van der Waals surface area contributed by atoms with E-state index >= 15 is 0 Å². The number of hydrogen-bond acceptors (Lipinski definition) is 6. The number of carbonyl (C=O) groups is 2. The van der Waals surface area contributed by atoms with Crippen LogP contribution in [0.2, 0.25) is 0 Å². The second kappa shape index (κ2) is 8.24. The average Bonchev–Trinajstić information content (AvgIpc) is 2.56. The molecule has 7 heteroatoms. The summed E-state index contributed by atoms with van der Waals surface area (Å²) in [5, 5.41) is 2.46. The van der Waals surface area contributed by atoms with Crippen LogP contribution in [0, 0.1) is 0 Å². The predicted molar refractivity (Wildman–Crippen MR) is 87.3 cm³/mol. The minimum atomic E-state index is -0.479. The van der Waals surface area contributed by atoms with E-state index in [1.165, 1.54) is 13.2 Å². The second-order valence-corrected chi connectivity index (χ2v) is 5.34. The lowest BCUT2D eigenvalue weighted by molar-refractivity contribution is -0.147. The third-order valence-corrected chi connectivity index (χ3v) is 3.05. The fraction of sp³-hybridized carbons (Fsp3) is 0.412. The highest BCUT2D eigenvalue weighted by atomic mass is 16.6. The van der Waals surface area contributed by atoms with E-state index in [9.17, 15) is 9.59 Å². The van der Waals surface area contributed by atoms with Gasteiger partial charge in [0.25, 0.3) is 0 Å². The Hall–Kier alpha value is -2.70. The molecule has 1 aromatic rings. The monoisotopic (exact) mass is 335 g/mol. The summed E-state index contributed by atoms with van der Waals surface area (Å²) < 4.78 is 21.3. The molecule has 0 radical (unpaired) electrons. The normalized spacial score (nSPS) is 13.0. The number of amides is 1. The minimum absolute atomic E-state index is 0.175. The highest BCUT2D eigenvalue weighted by molar-refractivity contribution is 5.93. The van der Waals surface area contributed by atoms with Gasteiger partial charge in [0.15, 0.2) is 11.5 Å². The molecule has 24 heavy (non-hydrogen) atoms. The van der Waals surface area contributed by atoms with Gasteiger partial charge in [0.2, 0.25) is 11.7 Å². The summed E-state index contributed by atoms with van der Waals surface area (Å²) in [6, 6.07) is 3.50. The summed E-state index contributed by atoms with van der Waals surface area (Å²) in [5.41, 5.74) is 0.719. The molecule has 0 spiro atoms. The van der Waals surface area contributed by atoms with Gasteiger partial charge in [-0.25, -0.2) is 0 Å². The fourth-order valence-corrected chi connectivity index (χ4v) is 2.08. The van der Waals surface area contributed by atoms with E-state index in [0.717, 1.165) is 5.56 Å². The molecular formula is C17H21NO6. The van der Waals surface area contributed by atoms with Crippen LogP contribution in [-0.2, 0) is 14.3 Å². The summed E-state index contributed by atoms with van der Waals surface area (Å²) in [5.74, 6) is 0.785. The van der Waals surface area contributed by atoms with Crippen molar-refractivity contribution >= 4 is 18.0 Å². The Morgan fingerprint density at radius 3 is 2.75 bits per heavy atom. The van der Waals surface area contributed by atoms with Crippen LogP contribution in [0.4, 0.5) is 0 Å². The Balaban J connectivity index is 1.98. The number of methoxy groups -OCH3 is 1. The van der Waals surface area contributed by atoms with Crippen LogP contribution in [-0.4, -0.2) is 44.8 Å². The standard InChI is InChI=1S/C17H21NO6/c1-11(2)24-16(20)10-18-15(19)5-4-12-8-13(21-3)17-14(9-12)22-6-7-23-17/h4-5,8-9,11H,6-7,10H2,1-3H3,(H,18,19)/b5-4+. The molecule has 0 aromatic heterocycles. The molecule has 0 saturated heterocycles. The Kier molecular flexibility index (Phi) is 6.06. The zero-order chi connectivity index (χ0) is 17.5. The van der Waals surface area contributed by atoms with E-state index in [0.29, 0.717) is 30.5 Å². The molecule has 1 amide bonds. The molecule has 1 aromatic carbocycles. The molecular weight excluding hydrogens is 314 g/mol. The molecule has 1 heterocycles. The van der Waals surface area contributed by atoms with Gasteiger partial charge < -0.3 is 24.3 Å². The lowest BCUT2D eigenvalue weighted by Crippen LogP contribution is -2.30. The van der Waals surface area contributed by atoms with Gasteiger partial charge in [-0.2, -0.15) is 0 Å². The van der Waals surface area contributed by atoms with Crippen LogP contribution in [0.5, 0.6) is 17.2 Å². The number of nitrogens with one attached hydrogen (secondary N) is 1. The molecule has 0 bridgehead atoms. The highest BCUT2D eigenvalue weighted by Crippen LogP contribution is 2.40. The topological polar surface area (TPSA) is 83.1 Å². The number of ether oxygens (including phenoxy) is 4. The molecule has 0 atom stereocenters. The number of fused-ring (bicyclic) bond motifs is 1. The molecule has 1 aliphatic rings. The van der Waals surface area contributed by atoms with Crippen LogP contribution >= 0.6 is 0 Å². The van der Waals surface area contributed by atoms with Crippen molar-refractivity contribution in [2.24, 2.45) is 0 Å². The highest BCUT2D eigenvalue weighted by Gasteiger charge is 2.17. The third-order valence-electron chi connectivity index (χ3n) is 3.05. The maximum atomic E-state index is 11.8. The Morgan fingerprint density at radius 1 is 1.29 bits per heavy atom. The summed E-state index contributed by atoms with van der Waals surface area (Å²) in [7, 11) is 1.54. The molecule has 0 unspecified atom stereocenters. The SMILES string of the molecule is COc1cc(/C=C/C(=O)NCC(=O)OC(C)C)cc2c1OCCO2. The van der Waals surface area contributed by atoms with Crippen molar-refractivity contribution in [3.63, 3.8) is 0 Å². The summed E-state index contributed by atoms with van der Waals surface area (Å²) >= 11 is 0. The van der Waals surface area contributed by atoms with Crippen LogP contribution in [0.1, 0.15) is 19.4 Å². The van der Waals surface area contributed by atoms with E-state index in [1.54, 1.807) is 32.1 Å².